The molecular formula is C20H23FN7O+. The van der Waals surface area contributed by atoms with Gasteiger partial charge in [-0.25, -0.2) is 4.39 Å². The Kier molecular flexibility index (Phi) is 4.62. The SMILES string of the molecule is CC[N+]1(COc2nn3c(-c4ccccc4F)nnc3cc2C(C)(C)C)C=NC=N1. The zero-order chi connectivity index (χ0) is 20.6. The molecule has 0 aliphatic carbocycles. The van der Waals surface area contributed by atoms with Crippen LogP contribution in [0.3, 0.4) is 0 Å². The number of quaternary nitrogens is 1. The Hall–Kier alpha value is -3.20. The number of nitrogens with zero attached hydrogens (tertiary/aromatic N) is 7. The van der Waals surface area contributed by atoms with E-state index >= 15 is 0 Å². The standard InChI is InChI=1S/C20H23FN7O/c1-5-28(12-22-11-23-28)13-29-19-15(20(2,3)4)10-17-24-25-18(27(17)26-19)14-8-6-7-9-16(14)21/h6-12H,5,13H2,1-4H3/q+1. The van der Waals surface area contributed by atoms with E-state index in [2.05, 4.69) is 46.2 Å². The van der Waals surface area contributed by atoms with E-state index in [1.54, 1.807) is 24.5 Å². The summed E-state index contributed by atoms with van der Waals surface area (Å²) in [6.07, 6.45) is 3.25. The quantitative estimate of drug-likeness (QED) is 0.620. The number of aliphatic imine (C=N–C) groups is 1. The van der Waals surface area contributed by atoms with Crippen LogP contribution < -0.4 is 4.74 Å². The van der Waals surface area contributed by atoms with Gasteiger partial charge in [-0.1, -0.05) is 38.0 Å². The number of fused-ring (bicyclic) bond motifs is 1. The summed E-state index contributed by atoms with van der Waals surface area (Å²) in [7, 11) is 0. The summed E-state index contributed by atoms with van der Waals surface area (Å²) < 4.78 is 22.2. The lowest BCUT2D eigenvalue weighted by molar-refractivity contribution is -0.854. The molecule has 150 valence electrons. The molecule has 1 atom stereocenters. The van der Waals surface area contributed by atoms with Gasteiger partial charge in [0.05, 0.1) is 5.56 Å². The maximum Gasteiger partial charge on any atom is 0.255 e. The van der Waals surface area contributed by atoms with Gasteiger partial charge >= 0.3 is 0 Å². The fourth-order valence-electron chi connectivity index (χ4n) is 3.08. The van der Waals surface area contributed by atoms with Crippen molar-refractivity contribution < 1.29 is 13.7 Å². The Morgan fingerprint density at radius 3 is 2.62 bits per heavy atom. The molecule has 1 aliphatic rings. The molecule has 4 rings (SSSR count). The number of benzene rings is 1. The zero-order valence-corrected chi connectivity index (χ0v) is 16.9. The Bertz CT molecular complexity index is 1100. The van der Waals surface area contributed by atoms with Crippen molar-refractivity contribution in [3.8, 4) is 17.3 Å². The van der Waals surface area contributed by atoms with Gasteiger partial charge in [-0.05, 0) is 30.5 Å². The molecule has 1 aliphatic heterocycles. The number of hydrogen-bond acceptors (Lipinski definition) is 6. The third-order valence-electron chi connectivity index (χ3n) is 4.88. The molecule has 0 radical (unpaired) electrons. The highest BCUT2D eigenvalue weighted by Crippen LogP contribution is 2.32. The summed E-state index contributed by atoms with van der Waals surface area (Å²) in [5, 5.41) is 17.4. The molecule has 0 amide bonds. The van der Waals surface area contributed by atoms with Gasteiger partial charge in [0.25, 0.3) is 6.73 Å². The van der Waals surface area contributed by atoms with Crippen LogP contribution in [0.5, 0.6) is 5.88 Å². The fourth-order valence-corrected chi connectivity index (χ4v) is 3.08. The maximum atomic E-state index is 14.3. The summed E-state index contributed by atoms with van der Waals surface area (Å²) in [5.74, 6) is 0.372. The monoisotopic (exact) mass is 396 g/mol. The number of aromatic nitrogens is 4. The summed E-state index contributed by atoms with van der Waals surface area (Å²) >= 11 is 0. The molecule has 3 aromatic rings. The topological polar surface area (TPSA) is 77.0 Å². The lowest BCUT2D eigenvalue weighted by Gasteiger charge is -2.25. The lowest BCUT2D eigenvalue weighted by Crippen LogP contribution is -2.43. The van der Waals surface area contributed by atoms with Crippen molar-refractivity contribution in [3.63, 3.8) is 0 Å². The molecule has 3 heterocycles. The molecule has 0 spiro atoms. The molecular weight excluding hydrogens is 373 g/mol. The van der Waals surface area contributed by atoms with Crippen LogP contribution in [-0.4, -0.2) is 50.4 Å². The van der Waals surface area contributed by atoms with E-state index in [-0.39, 0.29) is 22.6 Å². The first-order valence-corrected chi connectivity index (χ1v) is 9.43. The number of halogens is 1. The highest BCUT2D eigenvalue weighted by Gasteiger charge is 2.30. The Morgan fingerprint density at radius 2 is 1.97 bits per heavy atom. The zero-order valence-electron chi connectivity index (χ0n) is 16.9. The summed E-state index contributed by atoms with van der Waals surface area (Å²) in [5.41, 5.74) is 1.50. The molecule has 0 saturated heterocycles. The van der Waals surface area contributed by atoms with E-state index in [1.165, 1.54) is 16.9 Å². The fraction of sp³-hybridized carbons (Fsp3) is 0.350. The van der Waals surface area contributed by atoms with Crippen molar-refractivity contribution in [2.45, 2.75) is 33.1 Å². The molecule has 0 bridgehead atoms. The molecule has 2 aromatic heterocycles. The summed E-state index contributed by atoms with van der Waals surface area (Å²) in [4.78, 5) is 4.08. The predicted molar refractivity (Wildman–Crippen MR) is 108 cm³/mol. The minimum absolute atomic E-state index is 0.228. The first-order chi connectivity index (χ1) is 13.8. The van der Waals surface area contributed by atoms with Crippen LogP contribution in [0, 0.1) is 5.82 Å². The molecule has 29 heavy (non-hydrogen) atoms. The Morgan fingerprint density at radius 1 is 1.17 bits per heavy atom. The largest absolute Gasteiger partial charge is 0.423 e. The minimum atomic E-state index is -0.385. The average molecular weight is 396 g/mol. The van der Waals surface area contributed by atoms with E-state index < -0.39 is 0 Å². The normalized spacial score (nSPS) is 18.7. The second kappa shape index (κ2) is 7.00. The molecule has 8 nitrogen and oxygen atoms in total. The van der Waals surface area contributed by atoms with Crippen LogP contribution in [-0.2, 0) is 5.41 Å². The highest BCUT2D eigenvalue weighted by molar-refractivity contribution is 5.70. The van der Waals surface area contributed by atoms with Gasteiger partial charge in [0, 0.05) is 5.56 Å². The van der Waals surface area contributed by atoms with Crippen molar-refractivity contribution in [1.29, 1.82) is 0 Å². The Labute approximate surface area is 167 Å². The van der Waals surface area contributed by atoms with Crippen LogP contribution in [0.1, 0.15) is 33.3 Å². The highest BCUT2D eigenvalue weighted by atomic mass is 19.1. The van der Waals surface area contributed by atoms with Crippen LogP contribution in [0.2, 0.25) is 0 Å². The number of rotatable bonds is 5. The van der Waals surface area contributed by atoms with E-state index in [4.69, 9.17) is 4.74 Å². The van der Waals surface area contributed by atoms with Gasteiger partial charge in [-0.15, -0.1) is 19.9 Å². The number of ether oxygens (including phenoxy) is 1. The molecule has 9 heteroatoms. The summed E-state index contributed by atoms with van der Waals surface area (Å²) in [6.45, 7) is 9.16. The Balaban J connectivity index is 1.81. The second-order valence-corrected chi connectivity index (χ2v) is 7.96. The van der Waals surface area contributed by atoms with Gasteiger partial charge in [-0.3, -0.25) is 0 Å². The van der Waals surface area contributed by atoms with Gasteiger partial charge in [0.15, 0.2) is 17.8 Å². The maximum absolute atomic E-state index is 14.3. The van der Waals surface area contributed by atoms with Crippen molar-refractivity contribution >= 4 is 18.3 Å². The van der Waals surface area contributed by atoms with E-state index in [0.29, 0.717) is 29.5 Å². The lowest BCUT2D eigenvalue weighted by atomic mass is 9.88. The average Bonchev–Trinajstić information content (AvgIpc) is 3.33. The van der Waals surface area contributed by atoms with Crippen molar-refractivity contribution in [2.24, 2.45) is 10.1 Å². The van der Waals surface area contributed by atoms with Crippen molar-refractivity contribution in [2.75, 3.05) is 13.3 Å². The van der Waals surface area contributed by atoms with Gasteiger partial charge in [0.2, 0.25) is 12.2 Å². The molecule has 1 unspecified atom stereocenters. The van der Waals surface area contributed by atoms with E-state index in [1.807, 2.05) is 13.0 Å². The van der Waals surface area contributed by atoms with Crippen molar-refractivity contribution in [3.05, 3.63) is 41.7 Å². The van der Waals surface area contributed by atoms with Crippen molar-refractivity contribution in [1.82, 2.24) is 19.8 Å². The first kappa shape index (κ1) is 19.1. The third-order valence-corrected chi connectivity index (χ3v) is 4.88. The minimum Gasteiger partial charge on any atom is -0.423 e. The van der Waals surface area contributed by atoms with Crippen LogP contribution >= 0.6 is 0 Å². The molecule has 0 fully saturated rings. The number of hydrogen-bond donors (Lipinski definition) is 0. The van der Waals surface area contributed by atoms with E-state index in [9.17, 15) is 4.39 Å². The molecule has 0 N–H and O–H groups in total. The smallest absolute Gasteiger partial charge is 0.255 e. The van der Waals surface area contributed by atoms with Crippen LogP contribution in [0.25, 0.3) is 17.0 Å². The predicted octanol–water partition coefficient (Wildman–Crippen LogP) is 3.39. The van der Waals surface area contributed by atoms with E-state index in [0.717, 1.165) is 5.56 Å². The van der Waals surface area contributed by atoms with Crippen LogP contribution in [0.15, 0.2) is 40.4 Å². The third kappa shape index (κ3) is 3.49. The first-order valence-electron chi connectivity index (χ1n) is 9.43. The van der Waals surface area contributed by atoms with Gasteiger partial charge < -0.3 is 4.74 Å². The molecule has 1 aromatic carbocycles. The summed E-state index contributed by atoms with van der Waals surface area (Å²) in [6, 6.07) is 8.31. The van der Waals surface area contributed by atoms with Gasteiger partial charge in [-0.2, -0.15) is 9.51 Å². The second-order valence-electron chi connectivity index (χ2n) is 7.96. The molecule has 0 saturated carbocycles. The van der Waals surface area contributed by atoms with Crippen LogP contribution in [0.4, 0.5) is 4.39 Å². The van der Waals surface area contributed by atoms with Gasteiger partial charge in [0.1, 0.15) is 12.4 Å².